The fraction of sp³-hybridized carbons (Fsp3) is 0.909. The highest BCUT2D eigenvalue weighted by atomic mass is 16.7. The number of aliphatic hydroxyl groups is 9. The van der Waals surface area contributed by atoms with Crippen LogP contribution in [0, 0.1) is 23.7 Å². The lowest BCUT2D eigenvalue weighted by Gasteiger charge is -2.42. The molecule has 0 aromatic heterocycles. The van der Waals surface area contributed by atoms with Gasteiger partial charge in [-0.2, -0.15) is 0 Å². The van der Waals surface area contributed by atoms with Gasteiger partial charge < -0.3 is 106 Å². The molecule has 93 heavy (non-hydrogen) atoms. The second-order valence-electron chi connectivity index (χ2n) is 25.9. The molecular formula is C66H123N5O22. The molecule has 3 aliphatic rings. The number of aliphatic hydroxyl groups excluding tert-OH is 9. The predicted molar refractivity (Wildman–Crippen MR) is 345 cm³/mol. The zero-order valence-corrected chi connectivity index (χ0v) is 57.0. The first-order chi connectivity index (χ1) is 44.5. The van der Waals surface area contributed by atoms with Crippen LogP contribution in [0.1, 0.15) is 196 Å². The number of Topliss-reactive ketones (excluding diaryl/α,β-unsaturated/α-hetero) is 2. The maximum Gasteiger partial charge on any atom is 0.223 e. The molecule has 17 atom stereocenters. The molecule has 3 fully saturated rings. The first-order valence-corrected chi connectivity index (χ1v) is 34.6. The highest BCUT2D eigenvalue weighted by Crippen LogP contribution is 2.29. The number of ketones is 2. The Morgan fingerprint density at radius 2 is 0.871 bits per heavy atom. The topological polar surface area (TPSA) is 409 Å². The van der Waals surface area contributed by atoms with Crippen LogP contribution in [0.2, 0.25) is 0 Å². The standard InChI is InChI=1S/C62H113N5O22.C4H10/c1-40-53(76)55(78)47(37-68)87-60(40)84-32-19-6-5-15-28-63-45(24-14-18-30-65-51(75)25-11-8-20-33-85-61-41(2)54(77)56(79)48(38-69)88-61)46(73)36-43(59(82)66-31-16-7-10-23-44(72)27-35-83-4)22-13-17-29-64-50(74)26-12-9-21-34-86-62-52(67-42(3)71)58(81)57(80)49(39-70)89-62;1-4(2)3/h40-41,43,45,47-49,52-58,60-63,68-70,76-81H,5-39H2,1-4H3,(H,64,74)(H,65,75)(H,66,82)(H,67,71);4H,1-3H3/t40?,41?,43?,45?,47?,48?,49?,52?,53-,54-,55+,56+,57+,58-,60-,61-,62-;/m1./s1. The summed E-state index contributed by atoms with van der Waals surface area (Å²) in [4.78, 5) is 77.7. The molecule has 0 aromatic rings. The Balaban J connectivity index is 0.00000714. The van der Waals surface area contributed by atoms with Gasteiger partial charge in [-0.25, -0.2) is 0 Å². The average Bonchev–Trinajstić information content (AvgIpc) is 0.881. The van der Waals surface area contributed by atoms with Gasteiger partial charge in [0.2, 0.25) is 23.6 Å². The number of nitrogens with one attached hydrogen (secondary N) is 5. The van der Waals surface area contributed by atoms with E-state index in [0.29, 0.717) is 162 Å². The zero-order valence-electron chi connectivity index (χ0n) is 57.0. The van der Waals surface area contributed by atoms with Crippen molar-refractivity contribution in [3.63, 3.8) is 0 Å². The average molecular weight is 1340 g/mol. The van der Waals surface area contributed by atoms with Crippen LogP contribution in [0.25, 0.3) is 0 Å². The molecule has 0 spiro atoms. The molecule has 0 aromatic carbocycles. The normalized spacial score (nSPS) is 27.0. The second-order valence-corrected chi connectivity index (χ2v) is 25.9. The number of hydrogen-bond donors (Lipinski definition) is 14. The van der Waals surface area contributed by atoms with Gasteiger partial charge in [0, 0.05) is 103 Å². The minimum absolute atomic E-state index is 0.0104. The first kappa shape index (κ1) is 85.6. The summed E-state index contributed by atoms with van der Waals surface area (Å²) >= 11 is 0. The lowest BCUT2D eigenvalue weighted by Crippen LogP contribution is -2.64. The third kappa shape index (κ3) is 35.6. The molecule has 3 heterocycles. The Morgan fingerprint density at radius 3 is 1.37 bits per heavy atom. The van der Waals surface area contributed by atoms with E-state index in [2.05, 4.69) is 47.4 Å². The summed E-state index contributed by atoms with van der Waals surface area (Å²) in [6.45, 7) is 12.6. The fourth-order valence-corrected chi connectivity index (χ4v) is 11.0. The third-order valence-electron chi connectivity index (χ3n) is 16.8. The van der Waals surface area contributed by atoms with Crippen molar-refractivity contribution in [2.45, 2.75) is 282 Å². The Hall–Kier alpha value is -3.46. The van der Waals surface area contributed by atoms with Crippen LogP contribution in [0.5, 0.6) is 0 Å². The number of unbranched alkanes of at least 4 members (excludes halogenated alkanes) is 11. The minimum Gasteiger partial charge on any atom is -0.394 e. The molecule has 0 aliphatic carbocycles. The van der Waals surface area contributed by atoms with Gasteiger partial charge in [-0.3, -0.25) is 28.8 Å². The lowest BCUT2D eigenvalue weighted by atomic mass is 9.91. The largest absolute Gasteiger partial charge is 0.394 e. The van der Waals surface area contributed by atoms with Crippen molar-refractivity contribution in [1.29, 1.82) is 0 Å². The van der Waals surface area contributed by atoms with Crippen molar-refractivity contribution in [3.8, 4) is 0 Å². The number of amides is 4. The molecule has 0 radical (unpaired) electrons. The first-order valence-electron chi connectivity index (χ1n) is 34.6. The molecule has 27 nitrogen and oxygen atoms in total. The van der Waals surface area contributed by atoms with Crippen molar-refractivity contribution in [2.24, 2.45) is 23.7 Å². The molecular weight excluding hydrogens is 1210 g/mol. The van der Waals surface area contributed by atoms with Gasteiger partial charge in [0.05, 0.1) is 44.7 Å². The Bertz CT molecular complexity index is 2010. The summed E-state index contributed by atoms with van der Waals surface area (Å²) in [5.74, 6) is -1.71. The van der Waals surface area contributed by atoms with E-state index < -0.39 is 129 Å². The van der Waals surface area contributed by atoms with E-state index in [1.54, 1.807) is 21.0 Å². The molecule has 3 aliphatic heterocycles. The van der Waals surface area contributed by atoms with Crippen LogP contribution in [-0.2, 0) is 61.9 Å². The molecule has 0 saturated carbocycles. The van der Waals surface area contributed by atoms with Gasteiger partial charge in [-0.05, 0) is 95.9 Å². The van der Waals surface area contributed by atoms with Crippen LogP contribution < -0.4 is 26.6 Å². The van der Waals surface area contributed by atoms with Gasteiger partial charge in [0.15, 0.2) is 24.7 Å². The Labute approximate surface area is 552 Å². The van der Waals surface area contributed by atoms with Crippen molar-refractivity contribution >= 4 is 35.2 Å². The van der Waals surface area contributed by atoms with Gasteiger partial charge in [-0.15, -0.1) is 0 Å². The number of hydrogen-bond acceptors (Lipinski definition) is 23. The fourth-order valence-electron chi connectivity index (χ4n) is 11.0. The van der Waals surface area contributed by atoms with Gasteiger partial charge in [0.1, 0.15) is 54.6 Å². The van der Waals surface area contributed by atoms with Crippen LogP contribution in [0.4, 0.5) is 0 Å². The van der Waals surface area contributed by atoms with Gasteiger partial charge in [-0.1, -0.05) is 73.1 Å². The van der Waals surface area contributed by atoms with E-state index in [1.165, 1.54) is 6.92 Å². The maximum absolute atomic E-state index is 14.3. The predicted octanol–water partition coefficient (Wildman–Crippen LogP) is 1.86. The number of ether oxygens (including phenoxy) is 7. The number of carbonyl (C=O) groups excluding carboxylic acids is 6. The van der Waals surface area contributed by atoms with E-state index in [1.807, 2.05) is 0 Å². The number of rotatable bonds is 50. The lowest BCUT2D eigenvalue weighted by molar-refractivity contribution is -0.282. The molecule has 3 rings (SSSR count). The quantitative estimate of drug-likeness (QED) is 0.0387. The van der Waals surface area contributed by atoms with E-state index in [4.69, 9.17) is 33.2 Å². The Morgan fingerprint density at radius 1 is 0.462 bits per heavy atom. The smallest absolute Gasteiger partial charge is 0.223 e. The van der Waals surface area contributed by atoms with Gasteiger partial charge >= 0.3 is 0 Å². The monoisotopic (exact) mass is 1340 g/mol. The van der Waals surface area contributed by atoms with Crippen molar-refractivity contribution in [2.75, 3.05) is 79.5 Å². The number of methoxy groups -OCH3 is 1. The molecule has 8 unspecified atom stereocenters. The highest BCUT2D eigenvalue weighted by molar-refractivity contribution is 5.89. The zero-order chi connectivity index (χ0) is 69.1. The molecule has 27 heteroatoms. The van der Waals surface area contributed by atoms with Crippen molar-refractivity contribution < 1.29 is 108 Å². The summed E-state index contributed by atoms with van der Waals surface area (Å²) in [6, 6.07) is -1.61. The summed E-state index contributed by atoms with van der Waals surface area (Å²) in [7, 11) is 1.55. The molecule has 3 saturated heterocycles. The van der Waals surface area contributed by atoms with E-state index >= 15 is 0 Å². The van der Waals surface area contributed by atoms with Crippen LogP contribution in [-0.4, -0.2) is 247 Å². The van der Waals surface area contributed by atoms with Crippen LogP contribution >= 0.6 is 0 Å². The van der Waals surface area contributed by atoms with Crippen molar-refractivity contribution in [1.82, 2.24) is 26.6 Å². The van der Waals surface area contributed by atoms with Crippen LogP contribution in [0.3, 0.4) is 0 Å². The van der Waals surface area contributed by atoms with Gasteiger partial charge in [0.25, 0.3) is 0 Å². The summed E-state index contributed by atoms with van der Waals surface area (Å²) in [5, 5.41) is 105. The van der Waals surface area contributed by atoms with E-state index in [9.17, 15) is 74.7 Å². The van der Waals surface area contributed by atoms with Crippen molar-refractivity contribution in [3.05, 3.63) is 0 Å². The summed E-state index contributed by atoms with van der Waals surface area (Å²) in [5.41, 5.74) is 0. The van der Waals surface area contributed by atoms with Crippen LogP contribution in [0.15, 0.2) is 0 Å². The number of carbonyl (C=O) groups is 6. The minimum atomic E-state index is -1.42. The third-order valence-corrected chi connectivity index (χ3v) is 16.8. The summed E-state index contributed by atoms with van der Waals surface area (Å²) < 4.78 is 39.3. The summed E-state index contributed by atoms with van der Waals surface area (Å²) in [6.07, 6.45) is 0.320. The van der Waals surface area contributed by atoms with E-state index in [0.717, 1.165) is 31.6 Å². The molecule has 4 amide bonds. The van der Waals surface area contributed by atoms with E-state index in [-0.39, 0.29) is 48.7 Å². The highest BCUT2D eigenvalue weighted by Gasteiger charge is 2.46. The Kier molecular flexibility index (Phi) is 46.8. The molecule has 0 bridgehead atoms. The maximum atomic E-state index is 14.3. The molecule has 14 N–H and O–H groups in total. The molecule has 544 valence electrons. The SMILES string of the molecule is CC(C)C.COCCC(=O)CCCCCNC(=O)C(CCCCNC(=O)CCCCCO[C@@H]1OC(CO)[C@H](O)[C@H](O)C1NC(C)=O)CC(=O)C(CCCCNC(=O)CCCCCO[C@@H]1OC(CO)[C@H](O)[C@H](O)C1C)NCCCCCCO[C@@H]1OC(CO)[C@H](O)[C@H](O)C1C. The second kappa shape index (κ2) is 50.8.